The maximum Gasteiger partial charge on any atom is 0.238 e. The Labute approximate surface area is 129 Å². The molecule has 0 aliphatic heterocycles. The van der Waals surface area contributed by atoms with E-state index in [-0.39, 0.29) is 12.5 Å². The van der Waals surface area contributed by atoms with Gasteiger partial charge in [-0.1, -0.05) is 11.6 Å². The van der Waals surface area contributed by atoms with E-state index in [0.717, 1.165) is 0 Å². The first-order chi connectivity index (χ1) is 10.1. The molecule has 0 bridgehead atoms. The van der Waals surface area contributed by atoms with E-state index in [9.17, 15) is 4.79 Å². The number of halogens is 1. The monoisotopic (exact) mass is 310 g/mol. The highest BCUT2D eigenvalue weighted by Gasteiger charge is 2.12. The number of hydrogen-bond acceptors (Lipinski definition) is 5. The lowest BCUT2D eigenvalue weighted by Crippen LogP contribution is -2.36. The third-order valence-electron chi connectivity index (χ3n) is 2.81. The maximum absolute atomic E-state index is 12.0. The lowest BCUT2D eigenvalue weighted by atomic mass is 10.2. The molecule has 0 saturated carbocycles. The number of benzene rings is 1. The Balaban J connectivity index is 2.60. The average Bonchev–Trinajstić information content (AvgIpc) is 2.45. The SMILES string of the molecule is COCCN(CCC#N)CC(=O)Nc1cc(Cl)ccc1N. The summed E-state index contributed by atoms with van der Waals surface area (Å²) >= 11 is 5.87. The van der Waals surface area contributed by atoms with Crippen molar-refractivity contribution < 1.29 is 9.53 Å². The van der Waals surface area contributed by atoms with Crippen LogP contribution in [0.2, 0.25) is 5.02 Å². The fourth-order valence-electron chi connectivity index (χ4n) is 1.73. The average molecular weight is 311 g/mol. The van der Waals surface area contributed by atoms with Crippen LogP contribution in [-0.4, -0.2) is 44.2 Å². The van der Waals surface area contributed by atoms with Crippen molar-refractivity contribution in [1.82, 2.24) is 4.90 Å². The summed E-state index contributed by atoms with van der Waals surface area (Å²) in [4.78, 5) is 13.9. The van der Waals surface area contributed by atoms with Crippen LogP contribution in [0.5, 0.6) is 0 Å². The van der Waals surface area contributed by atoms with E-state index in [1.54, 1.807) is 25.3 Å². The van der Waals surface area contributed by atoms with Gasteiger partial charge in [0.25, 0.3) is 0 Å². The van der Waals surface area contributed by atoms with Gasteiger partial charge in [0.1, 0.15) is 0 Å². The highest BCUT2D eigenvalue weighted by Crippen LogP contribution is 2.22. The minimum absolute atomic E-state index is 0.164. The van der Waals surface area contributed by atoms with Gasteiger partial charge in [-0.05, 0) is 18.2 Å². The number of carbonyl (C=O) groups is 1. The van der Waals surface area contributed by atoms with Crippen LogP contribution < -0.4 is 11.1 Å². The fourth-order valence-corrected chi connectivity index (χ4v) is 1.90. The van der Waals surface area contributed by atoms with E-state index in [2.05, 4.69) is 11.4 Å². The number of ether oxygens (including phenoxy) is 1. The number of carbonyl (C=O) groups excluding carboxylic acids is 1. The summed E-state index contributed by atoms with van der Waals surface area (Å²) in [5.74, 6) is -0.210. The summed E-state index contributed by atoms with van der Waals surface area (Å²) in [6.45, 7) is 1.75. The van der Waals surface area contributed by atoms with Gasteiger partial charge in [0.05, 0.1) is 30.6 Å². The van der Waals surface area contributed by atoms with Crippen LogP contribution in [-0.2, 0) is 9.53 Å². The second-order valence-corrected chi connectivity index (χ2v) is 4.89. The van der Waals surface area contributed by atoms with Crippen molar-refractivity contribution in [1.29, 1.82) is 5.26 Å². The first-order valence-electron chi connectivity index (χ1n) is 6.50. The third kappa shape index (κ3) is 6.45. The standard InChI is InChI=1S/C14H19ClN4O2/c1-21-8-7-19(6-2-5-16)10-14(20)18-13-9-11(15)3-4-12(13)17/h3-4,9H,2,6-8,10,17H2,1H3,(H,18,20). The summed E-state index contributed by atoms with van der Waals surface area (Å²) < 4.78 is 4.99. The van der Waals surface area contributed by atoms with Crippen LogP contribution in [0, 0.1) is 11.3 Å². The summed E-state index contributed by atoms with van der Waals surface area (Å²) in [6, 6.07) is 6.96. The number of nitrogen functional groups attached to an aromatic ring is 1. The highest BCUT2D eigenvalue weighted by atomic mass is 35.5. The molecule has 0 heterocycles. The Morgan fingerprint density at radius 2 is 2.29 bits per heavy atom. The molecule has 0 aromatic heterocycles. The predicted molar refractivity (Wildman–Crippen MR) is 83.0 cm³/mol. The molecule has 0 saturated heterocycles. The number of nitrogens with two attached hydrogens (primary N) is 1. The Kier molecular flexibility index (Phi) is 7.54. The van der Waals surface area contributed by atoms with Crippen molar-refractivity contribution in [3.05, 3.63) is 23.2 Å². The molecule has 1 amide bonds. The second kappa shape index (κ2) is 9.19. The number of nitrogens with one attached hydrogen (secondary N) is 1. The summed E-state index contributed by atoms with van der Waals surface area (Å²) in [7, 11) is 1.59. The smallest absolute Gasteiger partial charge is 0.238 e. The lowest BCUT2D eigenvalue weighted by molar-refractivity contribution is -0.117. The van der Waals surface area contributed by atoms with Gasteiger partial charge in [-0.2, -0.15) is 5.26 Å². The van der Waals surface area contributed by atoms with Gasteiger partial charge in [-0.25, -0.2) is 0 Å². The van der Waals surface area contributed by atoms with Gasteiger partial charge in [0, 0.05) is 31.6 Å². The van der Waals surface area contributed by atoms with E-state index < -0.39 is 0 Å². The topological polar surface area (TPSA) is 91.4 Å². The van der Waals surface area contributed by atoms with Gasteiger partial charge in [0.2, 0.25) is 5.91 Å². The van der Waals surface area contributed by atoms with Gasteiger partial charge in [-0.15, -0.1) is 0 Å². The Bertz CT molecular complexity index is 516. The number of methoxy groups -OCH3 is 1. The first-order valence-corrected chi connectivity index (χ1v) is 6.87. The molecule has 0 fully saturated rings. The summed E-state index contributed by atoms with van der Waals surface area (Å²) in [6.07, 6.45) is 0.357. The highest BCUT2D eigenvalue weighted by molar-refractivity contribution is 6.31. The molecular weight excluding hydrogens is 292 g/mol. The van der Waals surface area contributed by atoms with E-state index in [1.807, 2.05) is 4.90 Å². The summed E-state index contributed by atoms with van der Waals surface area (Å²) in [5.41, 5.74) is 6.72. The quantitative estimate of drug-likeness (QED) is 0.713. The normalized spacial score (nSPS) is 10.4. The van der Waals surface area contributed by atoms with Crippen molar-refractivity contribution in [2.24, 2.45) is 0 Å². The molecule has 0 aliphatic carbocycles. The van der Waals surface area contributed by atoms with Crippen molar-refractivity contribution in [3.63, 3.8) is 0 Å². The maximum atomic E-state index is 12.0. The molecule has 6 nitrogen and oxygen atoms in total. The summed E-state index contributed by atoms with van der Waals surface area (Å²) in [5, 5.41) is 11.9. The minimum Gasteiger partial charge on any atom is -0.397 e. The van der Waals surface area contributed by atoms with Crippen molar-refractivity contribution in [2.75, 3.05) is 44.4 Å². The van der Waals surface area contributed by atoms with Gasteiger partial charge in [0.15, 0.2) is 0 Å². The largest absolute Gasteiger partial charge is 0.397 e. The Morgan fingerprint density at radius 3 is 2.95 bits per heavy atom. The molecule has 0 radical (unpaired) electrons. The molecule has 7 heteroatoms. The molecule has 3 N–H and O–H groups in total. The number of rotatable bonds is 8. The lowest BCUT2D eigenvalue weighted by Gasteiger charge is -2.20. The fraction of sp³-hybridized carbons (Fsp3) is 0.429. The zero-order valence-electron chi connectivity index (χ0n) is 11.9. The molecular formula is C14H19ClN4O2. The van der Waals surface area contributed by atoms with Crippen LogP contribution in [0.15, 0.2) is 18.2 Å². The van der Waals surface area contributed by atoms with Crippen LogP contribution in [0.25, 0.3) is 0 Å². The minimum atomic E-state index is -0.210. The molecule has 114 valence electrons. The van der Waals surface area contributed by atoms with Gasteiger partial charge < -0.3 is 15.8 Å². The molecule has 0 spiro atoms. The number of nitriles is 1. The number of nitrogens with zero attached hydrogens (tertiary/aromatic N) is 2. The van der Waals surface area contributed by atoms with Crippen molar-refractivity contribution >= 4 is 28.9 Å². The Hall–Kier alpha value is -1.81. The van der Waals surface area contributed by atoms with E-state index >= 15 is 0 Å². The molecule has 0 atom stereocenters. The molecule has 0 aliphatic rings. The zero-order valence-corrected chi connectivity index (χ0v) is 12.7. The Morgan fingerprint density at radius 1 is 1.52 bits per heavy atom. The van der Waals surface area contributed by atoms with Crippen LogP contribution >= 0.6 is 11.6 Å². The number of hydrogen-bond donors (Lipinski definition) is 2. The van der Waals surface area contributed by atoms with Crippen LogP contribution in [0.1, 0.15) is 6.42 Å². The van der Waals surface area contributed by atoms with Gasteiger partial charge in [-0.3, -0.25) is 9.69 Å². The van der Waals surface area contributed by atoms with Crippen LogP contribution in [0.3, 0.4) is 0 Å². The number of amides is 1. The molecule has 1 aromatic carbocycles. The zero-order chi connectivity index (χ0) is 15.7. The molecule has 1 rings (SSSR count). The molecule has 21 heavy (non-hydrogen) atoms. The van der Waals surface area contributed by atoms with E-state index in [1.165, 1.54) is 0 Å². The van der Waals surface area contributed by atoms with Crippen LogP contribution in [0.4, 0.5) is 11.4 Å². The predicted octanol–water partition coefficient (Wildman–Crippen LogP) is 1.72. The van der Waals surface area contributed by atoms with Gasteiger partial charge >= 0.3 is 0 Å². The second-order valence-electron chi connectivity index (χ2n) is 4.46. The number of anilines is 2. The van der Waals surface area contributed by atoms with E-state index in [4.69, 9.17) is 27.3 Å². The van der Waals surface area contributed by atoms with Crippen molar-refractivity contribution in [2.45, 2.75) is 6.42 Å². The van der Waals surface area contributed by atoms with Crippen molar-refractivity contribution in [3.8, 4) is 6.07 Å². The molecule has 1 aromatic rings. The third-order valence-corrected chi connectivity index (χ3v) is 3.04. The first kappa shape index (κ1) is 17.2. The molecule has 0 unspecified atom stereocenters. The van der Waals surface area contributed by atoms with E-state index in [0.29, 0.717) is 42.5 Å².